The molecule has 4 rings (SSSR count). The standard InChI is InChI=1S/C24H30N2O5S/c1-15-13-20-18(4)21(24(27)26-10-6-5-7-11-26)31-22(20)23(17(15)3)32(28,29)25-16(2)14-19-9-8-12-30-19/h8-9,12-13,16,25H,5-7,10-11,14H2,1-4H3/t16-/m1/s1. The largest absolute Gasteiger partial charge is 0.469 e. The Labute approximate surface area is 188 Å². The first-order chi connectivity index (χ1) is 15.2. The number of benzene rings is 1. The molecule has 1 fully saturated rings. The molecule has 3 aromatic rings. The van der Waals surface area contributed by atoms with Crippen molar-refractivity contribution in [2.75, 3.05) is 13.1 Å². The van der Waals surface area contributed by atoms with Crippen molar-refractivity contribution < 1.29 is 22.0 Å². The number of hydrogen-bond acceptors (Lipinski definition) is 5. The normalized spacial score (nSPS) is 15.9. The van der Waals surface area contributed by atoms with Gasteiger partial charge in [0.25, 0.3) is 5.91 Å². The summed E-state index contributed by atoms with van der Waals surface area (Å²) in [6.07, 6.45) is 5.06. The van der Waals surface area contributed by atoms with E-state index < -0.39 is 10.0 Å². The lowest BCUT2D eigenvalue weighted by atomic mass is 10.0. The van der Waals surface area contributed by atoms with Crippen LogP contribution in [-0.4, -0.2) is 38.4 Å². The zero-order chi connectivity index (χ0) is 23.0. The van der Waals surface area contributed by atoms with Crippen molar-refractivity contribution in [2.24, 2.45) is 0 Å². The molecule has 0 saturated carbocycles. The van der Waals surface area contributed by atoms with E-state index in [0.29, 0.717) is 41.8 Å². The van der Waals surface area contributed by atoms with Gasteiger partial charge in [-0.2, -0.15) is 0 Å². The summed E-state index contributed by atoms with van der Waals surface area (Å²) in [5.74, 6) is 0.762. The van der Waals surface area contributed by atoms with Crippen LogP contribution in [0.4, 0.5) is 0 Å². The number of piperidine rings is 1. The lowest BCUT2D eigenvalue weighted by Gasteiger charge is -2.25. The van der Waals surface area contributed by atoms with Gasteiger partial charge < -0.3 is 13.7 Å². The highest BCUT2D eigenvalue weighted by molar-refractivity contribution is 7.89. The predicted octanol–water partition coefficient (Wildman–Crippen LogP) is 4.49. The average molecular weight is 459 g/mol. The second-order valence-electron chi connectivity index (χ2n) is 8.74. The first kappa shape index (κ1) is 22.6. The zero-order valence-electron chi connectivity index (χ0n) is 19.0. The summed E-state index contributed by atoms with van der Waals surface area (Å²) < 4.78 is 41.0. The van der Waals surface area contributed by atoms with Gasteiger partial charge >= 0.3 is 0 Å². The summed E-state index contributed by atoms with van der Waals surface area (Å²) in [6, 6.07) is 5.11. The first-order valence-electron chi connectivity index (χ1n) is 11.1. The number of likely N-dealkylation sites (tertiary alicyclic amines) is 1. The summed E-state index contributed by atoms with van der Waals surface area (Å²) in [5.41, 5.74) is 2.36. The van der Waals surface area contributed by atoms with Crippen molar-refractivity contribution >= 4 is 26.9 Å². The molecule has 7 nitrogen and oxygen atoms in total. The summed E-state index contributed by atoms with van der Waals surface area (Å²) in [5, 5.41) is 0.660. The van der Waals surface area contributed by atoms with Gasteiger partial charge in [0.05, 0.1) is 6.26 Å². The van der Waals surface area contributed by atoms with Gasteiger partial charge in [0.2, 0.25) is 10.0 Å². The highest BCUT2D eigenvalue weighted by Crippen LogP contribution is 2.35. The van der Waals surface area contributed by atoms with E-state index in [1.54, 1.807) is 31.1 Å². The minimum atomic E-state index is -3.91. The van der Waals surface area contributed by atoms with Crippen molar-refractivity contribution in [1.82, 2.24) is 9.62 Å². The molecule has 0 spiro atoms. The molecule has 32 heavy (non-hydrogen) atoms. The maximum atomic E-state index is 13.5. The Balaban J connectivity index is 1.74. The highest BCUT2D eigenvalue weighted by atomic mass is 32.2. The number of hydrogen-bond donors (Lipinski definition) is 1. The molecule has 1 aliphatic heterocycles. The molecule has 1 amide bonds. The van der Waals surface area contributed by atoms with Crippen LogP contribution in [0.1, 0.15) is 59.2 Å². The fourth-order valence-electron chi connectivity index (χ4n) is 4.41. The van der Waals surface area contributed by atoms with Crippen LogP contribution >= 0.6 is 0 Å². The number of furan rings is 2. The molecule has 1 aliphatic rings. The third-order valence-electron chi connectivity index (χ3n) is 6.24. The van der Waals surface area contributed by atoms with Gasteiger partial charge in [0.1, 0.15) is 10.7 Å². The van der Waals surface area contributed by atoms with Gasteiger partial charge in [-0.3, -0.25) is 4.79 Å². The highest BCUT2D eigenvalue weighted by Gasteiger charge is 2.30. The molecule has 172 valence electrons. The lowest BCUT2D eigenvalue weighted by molar-refractivity contribution is 0.0693. The van der Waals surface area contributed by atoms with Crippen molar-refractivity contribution in [2.45, 2.75) is 64.3 Å². The van der Waals surface area contributed by atoms with Crippen LogP contribution in [0.15, 0.2) is 38.2 Å². The van der Waals surface area contributed by atoms with Crippen LogP contribution in [0.25, 0.3) is 11.0 Å². The molecule has 1 aromatic carbocycles. The van der Waals surface area contributed by atoms with Gasteiger partial charge in [0.15, 0.2) is 11.3 Å². The zero-order valence-corrected chi connectivity index (χ0v) is 19.8. The average Bonchev–Trinajstić information content (AvgIpc) is 3.36. The number of sulfonamides is 1. The molecule has 8 heteroatoms. The summed E-state index contributed by atoms with van der Waals surface area (Å²) in [6.45, 7) is 8.65. The molecule has 0 unspecified atom stereocenters. The molecular formula is C24H30N2O5S. The molecule has 0 aliphatic carbocycles. The maximum absolute atomic E-state index is 13.5. The number of aryl methyl sites for hydroxylation is 2. The number of fused-ring (bicyclic) bond motifs is 1. The van der Waals surface area contributed by atoms with Crippen LogP contribution in [0.3, 0.4) is 0 Å². The second-order valence-corrected chi connectivity index (χ2v) is 10.4. The van der Waals surface area contributed by atoms with E-state index in [9.17, 15) is 13.2 Å². The van der Waals surface area contributed by atoms with E-state index in [-0.39, 0.29) is 28.2 Å². The van der Waals surface area contributed by atoms with Gasteiger partial charge in [0, 0.05) is 36.5 Å². The number of amides is 1. The molecule has 3 heterocycles. The first-order valence-corrected chi connectivity index (χ1v) is 12.5. The van der Waals surface area contributed by atoms with E-state index in [0.717, 1.165) is 24.8 Å². The molecule has 1 N–H and O–H groups in total. The van der Waals surface area contributed by atoms with E-state index in [1.807, 2.05) is 26.0 Å². The van der Waals surface area contributed by atoms with Crippen LogP contribution in [-0.2, 0) is 16.4 Å². The fourth-order valence-corrected chi connectivity index (χ4v) is 6.10. The smallest absolute Gasteiger partial charge is 0.289 e. The molecule has 0 bridgehead atoms. The maximum Gasteiger partial charge on any atom is 0.289 e. The van der Waals surface area contributed by atoms with Crippen molar-refractivity contribution in [3.8, 4) is 0 Å². The van der Waals surface area contributed by atoms with E-state index in [1.165, 1.54) is 0 Å². The molecule has 1 atom stereocenters. The second kappa shape index (κ2) is 8.75. The van der Waals surface area contributed by atoms with Gasteiger partial charge in [-0.05, 0) is 76.3 Å². The molecule has 2 aromatic heterocycles. The SMILES string of the molecule is Cc1cc2c(C)c(C(=O)N3CCCCC3)oc2c(S(=O)(=O)N[C@H](C)Cc2ccco2)c1C. The van der Waals surface area contributed by atoms with Crippen LogP contribution < -0.4 is 4.72 Å². The number of carbonyl (C=O) groups is 1. The summed E-state index contributed by atoms with van der Waals surface area (Å²) in [4.78, 5) is 15.0. The topological polar surface area (TPSA) is 92.8 Å². The molecular weight excluding hydrogens is 428 g/mol. The number of carbonyl (C=O) groups excluding carboxylic acids is 1. The Morgan fingerprint density at radius 2 is 1.88 bits per heavy atom. The molecule has 0 radical (unpaired) electrons. The number of nitrogens with zero attached hydrogens (tertiary/aromatic N) is 1. The number of rotatable bonds is 6. The monoisotopic (exact) mass is 458 g/mol. The summed E-state index contributed by atoms with van der Waals surface area (Å²) >= 11 is 0. The van der Waals surface area contributed by atoms with E-state index in [4.69, 9.17) is 8.83 Å². The van der Waals surface area contributed by atoms with Crippen LogP contribution in [0.5, 0.6) is 0 Å². The minimum absolute atomic E-state index is 0.0968. The Kier molecular flexibility index (Phi) is 6.18. The van der Waals surface area contributed by atoms with Crippen LogP contribution in [0.2, 0.25) is 0 Å². The third kappa shape index (κ3) is 4.21. The Bertz CT molecular complexity index is 1240. The van der Waals surface area contributed by atoms with Gasteiger partial charge in [-0.15, -0.1) is 0 Å². The Hall–Kier alpha value is -2.58. The minimum Gasteiger partial charge on any atom is -0.469 e. The van der Waals surface area contributed by atoms with Gasteiger partial charge in [-0.25, -0.2) is 13.1 Å². The van der Waals surface area contributed by atoms with E-state index in [2.05, 4.69) is 4.72 Å². The van der Waals surface area contributed by atoms with Crippen molar-refractivity contribution in [1.29, 1.82) is 0 Å². The van der Waals surface area contributed by atoms with Crippen LogP contribution in [0, 0.1) is 20.8 Å². The van der Waals surface area contributed by atoms with Crippen molar-refractivity contribution in [3.05, 3.63) is 52.7 Å². The number of nitrogens with one attached hydrogen (secondary N) is 1. The summed E-state index contributed by atoms with van der Waals surface area (Å²) in [7, 11) is -3.91. The van der Waals surface area contributed by atoms with Crippen molar-refractivity contribution in [3.63, 3.8) is 0 Å². The fraction of sp³-hybridized carbons (Fsp3) is 0.458. The Morgan fingerprint density at radius 1 is 1.16 bits per heavy atom. The van der Waals surface area contributed by atoms with Gasteiger partial charge in [-0.1, -0.05) is 0 Å². The quantitative estimate of drug-likeness (QED) is 0.588. The molecule has 1 saturated heterocycles. The predicted molar refractivity (Wildman–Crippen MR) is 122 cm³/mol. The van der Waals surface area contributed by atoms with E-state index >= 15 is 0 Å². The Morgan fingerprint density at radius 3 is 2.53 bits per heavy atom. The third-order valence-corrected chi connectivity index (χ3v) is 7.98. The lowest BCUT2D eigenvalue weighted by Crippen LogP contribution is -2.35.